The van der Waals surface area contributed by atoms with Gasteiger partial charge in [-0.3, -0.25) is 19.2 Å². The van der Waals surface area contributed by atoms with Gasteiger partial charge in [-0.1, -0.05) is 48.6 Å². The van der Waals surface area contributed by atoms with E-state index in [0.29, 0.717) is 12.8 Å². The van der Waals surface area contributed by atoms with E-state index in [1.165, 1.54) is 27.7 Å². The van der Waals surface area contributed by atoms with Crippen LogP contribution in [-0.4, -0.2) is 71.2 Å². The Morgan fingerprint density at radius 2 is 1.51 bits per heavy atom. The minimum Gasteiger partial charge on any atom is -0.463 e. The number of rotatable bonds is 11. The second-order valence-corrected chi connectivity index (χ2v) is 11.0. The average molecular weight is 622 g/mol. The maximum Gasteiger partial charge on any atom is 0.303 e. The molecule has 1 aromatic heterocycles. The Labute approximate surface area is 261 Å². The number of esters is 4. The van der Waals surface area contributed by atoms with Crippen LogP contribution in [0.3, 0.4) is 0 Å². The molecule has 11 heteroatoms. The van der Waals surface area contributed by atoms with Crippen LogP contribution in [-0.2, 0) is 49.3 Å². The van der Waals surface area contributed by atoms with Crippen LogP contribution in [0.15, 0.2) is 54.7 Å². The van der Waals surface area contributed by atoms with Crippen molar-refractivity contribution in [1.82, 2.24) is 4.57 Å². The van der Waals surface area contributed by atoms with Crippen molar-refractivity contribution in [1.29, 1.82) is 0 Å². The minimum atomic E-state index is -1.27. The number of nitrogens with zero attached hydrogens (tertiary/aromatic N) is 1. The van der Waals surface area contributed by atoms with Crippen LogP contribution in [0.4, 0.5) is 0 Å². The topological polar surface area (TPSA) is 140 Å². The summed E-state index contributed by atoms with van der Waals surface area (Å²) in [4.78, 5) is 48.6. The Bertz CT molecular complexity index is 1560. The lowest BCUT2D eigenvalue weighted by Crippen LogP contribution is -2.60. The van der Waals surface area contributed by atoms with Crippen molar-refractivity contribution in [2.45, 2.75) is 78.1 Å². The number of carbonyl (C=O) groups is 4. The molecule has 4 rings (SSSR count). The van der Waals surface area contributed by atoms with Gasteiger partial charge in [0.05, 0.1) is 5.52 Å². The molecule has 0 saturated carbocycles. The Morgan fingerprint density at radius 3 is 2.13 bits per heavy atom. The van der Waals surface area contributed by atoms with Crippen molar-refractivity contribution in [2.75, 3.05) is 13.2 Å². The summed E-state index contributed by atoms with van der Waals surface area (Å²) in [5.74, 6) is -2.62. The maximum absolute atomic E-state index is 12.4. The molecule has 5 atom stereocenters. The van der Waals surface area contributed by atoms with Gasteiger partial charge in [0.25, 0.3) is 0 Å². The standard InChI is InChI=1S/C34H39NO10/c1-20-9-8-11-28-30(20)27(17-26-14-12-25(13-15-26)10-6-7-16-36)18-35(28)34-33(44-24(5)40)32(43-23(4)39)31(42-22(3)38)29(45-34)19-41-21(2)37/h6,8-15,18,29,31-34,36H,7,16-17,19H2,1-5H3/b10-6+/t29-,31-,32+,33-,34-/m1/s1. The molecule has 1 aliphatic rings. The van der Waals surface area contributed by atoms with Gasteiger partial charge < -0.3 is 33.4 Å². The lowest BCUT2D eigenvalue weighted by molar-refractivity contribution is -0.267. The number of benzene rings is 2. The molecule has 2 aromatic carbocycles. The van der Waals surface area contributed by atoms with Crippen molar-refractivity contribution < 1.29 is 48.0 Å². The van der Waals surface area contributed by atoms with Gasteiger partial charge in [0.15, 0.2) is 24.5 Å². The van der Waals surface area contributed by atoms with E-state index in [1.54, 1.807) is 0 Å². The number of hydrogen-bond donors (Lipinski definition) is 1. The van der Waals surface area contributed by atoms with Crippen LogP contribution in [0.5, 0.6) is 0 Å². The third kappa shape index (κ3) is 8.37. The molecule has 0 aliphatic carbocycles. The number of ether oxygens (including phenoxy) is 5. The fourth-order valence-corrected chi connectivity index (χ4v) is 5.62. The van der Waals surface area contributed by atoms with E-state index in [9.17, 15) is 19.2 Å². The molecule has 1 N–H and O–H groups in total. The summed E-state index contributed by atoms with van der Waals surface area (Å²) in [6, 6.07) is 13.9. The summed E-state index contributed by atoms with van der Waals surface area (Å²) in [6.45, 7) is 6.63. The number of aryl methyl sites for hydroxylation is 1. The number of aromatic nitrogens is 1. The van der Waals surface area contributed by atoms with E-state index >= 15 is 0 Å². The molecule has 1 saturated heterocycles. The number of aliphatic hydroxyl groups excluding tert-OH is 1. The molecular formula is C34H39NO10. The zero-order valence-corrected chi connectivity index (χ0v) is 26.1. The maximum atomic E-state index is 12.4. The Balaban J connectivity index is 1.81. The highest BCUT2D eigenvalue weighted by Crippen LogP contribution is 2.38. The van der Waals surface area contributed by atoms with Crippen LogP contribution in [0, 0.1) is 6.92 Å². The monoisotopic (exact) mass is 621 g/mol. The molecular weight excluding hydrogens is 582 g/mol. The summed E-state index contributed by atoms with van der Waals surface area (Å²) in [6.07, 6.45) is 1.09. The van der Waals surface area contributed by atoms with Gasteiger partial charge in [-0.2, -0.15) is 0 Å². The van der Waals surface area contributed by atoms with Crippen LogP contribution < -0.4 is 0 Å². The predicted octanol–water partition coefficient (Wildman–Crippen LogP) is 4.19. The number of hydrogen-bond acceptors (Lipinski definition) is 10. The van der Waals surface area contributed by atoms with Gasteiger partial charge in [0.1, 0.15) is 12.7 Å². The summed E-state index contributed by atoms with van der Waals surface area (Å²) >= 11 is 0. The normalized spacial score (nSPS) is 21.4. The SMILES string of the molecule is CC(=O)OC[C@H]1O[C@@H](n2cc(Cc3ccc(/C=C/CCO)cc3)c3c(C)cccc32)[C@H](OC(C)=O)[C@@H](OC(C)=O)[C@@H]1OC(C)=O. The summed E-state index contributed by atoms with van der Waals surface area (Å²) in [5, 5.41) is 10.0. The first-order valence-electron chi connectivity index (χ1n) is 14.7. The highest BCUT2D eigenvalue weighted by molar-refractivity contribution is 5.87. The molecule has 0 unspecified atom stereocenters. The van der Waals surface area contributed by atoms with Gasteiger partial charge in [0, 0.05) is 45.9 Å². The first kappa shape index (κ1) is 33.4. The van der Waals surface area contributed by atoms with Gasteiger partial charge in [-0.15, -0.1) is 0 Å². The van der Waals surface area contributed by atoms with Crippen molar-refractivity contribution in [3.63, 3.8) is 0 Å². The molecule has 0 bridgehead atoms. The van der Waals surface area contributed by atoms with Crippen molar-refractivity contribution in [3.05, 3.63) is 77.0 Å². The van der Waals surface area contributed by atoms with Crippen LogP contribution in [0.1, 0.15) is 62.6 Å². The minimum absolute atomic E-state index is 0.0948. The van der Waals surface area contributed by atoms with E-state index < -0.39 is 54.5 Å². The summed E-state index contributed by atoms with van der Waals surface area (Å²) in [7, 11) is 0. The number of aliphatic hydroxyl groups is 1. The Kier molecular flexibility index (Phi) is 11.1. The summed E-state index contributed by atoms with van der Waals surface area (Å²) in [5.41, 5.74) is 4.82. The molecule has 3 aromatic rings. The molecule has 1 aliphatic heterocycles. The van der Waals surface area contributed by atoms with Crippen LogP contribution >= 0.6 is 0 Å². The smallest absolute Gasteiger partial charge is 0.303 e. The fourth-order valence-electron chi connectivity index (χ4n) is 5.62. The fraction of sp³-hybridized carbons (Fsp3) is 0.412. The van der Waals surface area contributed by atoms with E-state index in [-0.39, 0.29) is 13.2 Å². The lowest BCUT2D eigenvalue weighted by atomic mass is 9.97. The predicted molar refractivity (Wildman–Crippen MR) is 164 cm³/mol. The molecule has 45 heavy (non-hydrogen) atoms. The van der Waals surface area contributed by atoms with Gasteiger partial charge in [-0.05, 0) is 48.1 Å². The molecule has 0 radical (unpaired) electrons. The highest BCUT2D eigenvalue weighted by Gasteiger charge is 2.53. The first-order chi connectivity index (χ1) is 21.5. The Morgan fingerprint density at radius 1 is 0.867 bits per heavy atom. The molecule has 240 valence electrons. The van der Waals surface area contributed by atoms with E-state index in [1.807, 2.05) is 72.3 Å². The van der Waals surface area contributed by atoms with Crippen LogP contribution in [0.2, 0.25) is 0 Å². The third-order valence-corrected chi connectivity index (χ3v) is 7.37. The summed E-state index contributed by atoms with van der Waals surface area (Å²) < 4.78 is 30.4. The Hall–Kier alpha value is -4.48. The highest BCUT2D eigenvalue weighted by atomic mass is 16.7. The van der Waals surface area contributed by atoms with E-state index in [2.05, 4.69) is 0 Å². The number of fused-ring (bicyclic) bond motifs is 1. The van der Waals surface area contributed by atoms with Crippen molar-refractivity contribution in [2.24, 2.45) is 0 Å². The second kappa shape index (κ2) is 15.0. The largest absolute Gasteiger partial charge is 0.463 e. The van der Waals surface area contributed by atoms with E-state index in [0.717, 1.165) is 33.2 Å². The zero-order valence-electron chi connectivity index (χ0n) is 26.1. The average Bonchev–Trinajstić information content (AvgIpc) is 3.33. The third-order valence-electron chi connectivity index (χ3n) is 7.37. The van der Waals surface area contributed by atoms with Crippen LogP contribution in [0.25, 0.3) is 17.0 Å². The molecule has 2 heterocycles. The zero-order chi connectivity index (χ0) is 32.7. The van der Waals surface area contributed by atoms with E-state index in [4.69, 9.17) is 28.8 Å². The second-order valence-electron chi connectivity index (χ2n) is 11.0. The van der Waals surface area contributed by atoms with Crippen molar-refractivity contribution in [3.8, 4) is 0 Å². The van der Waals surface area contributed by atoms with Gasteiger partial charge >= 0.3 is 23.9 Å². The number of carbonyl (C=O) groups excluding carboxylic acids is 4. The first-order valence-corrected chi connectivity index (χ1v) is 14.7. The lowest BCUT2D eigenvalue weighted by Gasteiger charge is -2.44. The molecule has 0 amide bonds. The van der Waals surface area contributed by atoms with Crippen molar-refractivity contribution >= 4 is 40.9 Å². The quantitative estimate of drug-likeness (QED) is 0.245. The molecule has 0 spiro atoms. The molecule has 1 fully saturated rings. The molecule has 11 nitrogen and oxygen atoms in total. The van der Waals surface area contributed by atoms with Gasteiger partial charge in [-0.25, -0.2) is 0 Å². The van der Waals surface area contributed by atoms with Gasteiger partial charge in [0.2, 0.25) is 0 Å².